The molecule has 0 aliphatic heterocycles. The number of halogens is 2. The number of hydrogen-bond acceptors (Lipinski definition) is 3. The highest BCUT2D eigenvalue weighted by Crippen LogP contribution is 2.21. The van der Waals surface area contributed by atoms with E-state index in [1.807, 2.05) is 24.3 Å². The van der Waals surface area contributed by atoms with Crippen LogP contribution in [0.4, 0.5) is 0 Å². The van der Waals surface area contributed by atoms with E-state index in [0.717, 1.165) is 15.0 Å². The minimum absolute atomic E-state index is 0.0916. The van der Waals surface area contributed by atoms with Gasteiger partial charge in [0.15, 0.2) is 0 Å². The summed E-state index contributed by atoms with van der Waals surface area (Å²) in [6, 6.07) is 7.76. The van der Waals surface area contributed by atoms with Crippen LogP contribution in [0.5, 0.6) is 0 Å². The van der Waals surface area contributed by atoms with E-state index in [2.05, 4.69) is 22.6 Å². The maximum atomic E-state index is 5.86. The van der Waals surface area contributed by atoms with Crippen LogP contribution < -0.4 is 0 Å². The highest BCUT2D eigenvalue weighted by molar-refractivity contribution is 14.1. The number of benzene rings is 1. The molecule has 0 heterocycles. The lowest BCUT2D eigenvalue weighted by molar-refractivity contribution is 0.00123. The molecule has 0 amide bonds. The topological polar surface area (TPSA) is 27.7 Å². The minimum atomic E-state index is 0.0916. The zero-order valence-corrected chi connectivity index (χ0v) is 13.3. The van der Waals surface area contributed by atoms with Gasteiger partial charge in [-0.3, -0.25) is 0 Å². The van der Waals surface area contributed by atoms with Crippen molar-refractivity contribution in [3.8, 4) is 0 Å². The molecule has 0 aliphatic rings. The second-order valence-electron chi connectivity index (χ2n) is 3.67. The molecule has 0 saturated heterocycles. The molecule has 1 unspecified atom stereocenters. The van der Waals surface area contributed by atoms with Gasteiger partial charge in [-0.05, 0) is 17.7 Å². The Morgan fingerprint density at radius 2 is 1.78 bits per heavy atom. The average Bonchev–Trinajstić information content (AvgIpc) is 2.39. The first-order valence-corrected chi connectivity index (χ1v) is 7.68. The maximum Gasteiger partial charge on any atom is 0.0915 e. The Hall–Kier alpha value is 0.120. The highest BCUT2D eigenvalue weighted by atomic mass is 127. The molecule has 0 radical (unpaired) electrons. The van der Waals surface area contributed by atoms with Gasteiger partial charge in [0.25, 0.3) is 0 Å². The van der Waals surface area contributed by atoms with Gasteiger partial charge in [-0.1, -0.05) is 46.3 Å². The van der Waals surface area contributed by atoms with Gasteiger partial charge in [0, 0.05) is 16.6 Å². The van der Waals surface area contributed by atoms with Gasteiger partial charge in [-0.25, -0.2) is 0 Å². The van der Waals surface area contributed by atoms with Crippen LogP contribution >= 0.6 is 34.2 Å². The summed E-state index contributed by atoms with van der Waals surface area (Å²) in [6.45, 7) is 2.40. The van der Waals surface area contributed by atoms with Gasteiger partial charge in [-0.2, -0.15) is 0 Å². The quantitative estimate of drug-likeness (QED) is 0.370. The molecule has 18 heavy (non-hydrogen) atoms. The van der Waals surface area contributed by atoms with Gasteiger partial charge in [-0.15, -0.1) is 0 Å². The van der Waals surface area contributed by atoms with Crippen LogP contribution in [0.25, 0.3) is 0 Å². The standard InChI is InChI=1S/C13H18ClIO3/c1-16-6-7-17-8-9-18-13(10-15)11-2-4-12(14)5-3-11/h2-5,13H,6-10H2,1H3. The molecule has 1 rings (SSSR count). The fourth-order valence-corrected chi connectivity index (χ4v) is 2.29. The first kappa shape index (κ1) is 16.2. The van der Waals surface area contributed by atoms with Crippen molar-refractivity contribution in [2.45, 2.75) is 6.10 Å². The Labute approximate surface area is 127 Å². The third-order valence-corrected chi connectivity index (χ3v) is 3.41. The van der Waals surface area contributed by atoms with Crippen LogP contribution in [-0.4, -0.2) is 38.0 Å². The second kappa shape index (κ2) is 9.97. The van der Waals surface area contributed by atoms with Crippen molar-refractivity contribution in [2.75, 3.05) is 38.0 Å². The van der Waals surface area contributed by atoms with Gasteiger partial charge in [0.1, 0.15) is 0 Å². The lowest BCUT2D eigenvalue weighted by Gasteiger charge is -2.16. The molecule has 1 aromatic rings. The van der Waals surface area contributed by atoms with E-state index >= 15 is 0 Å². The molecule has 1 aromatic carbocycles. The number of methoxy groups -OCH3 is 1. The van der Waals surface area contributed by atoms with Crippen molar-refractivity contribution in [2.24, 2.45) is 0 Å². The van der Waals surface area contributed by atoms with E-state index in [0.29, 0.717) is 26.4 Å². The average molecular weight is 385 g/mol. The first-order valence-electron chi connectivity index (χ1n) is 5.77. The molecule has 0 spiro atoms. The Kier molecular flexibility index (Phi) is 8.96. The highest BCUT2D eigenvalue weighted by Gasteiger charge is 2.09. The van der Waals surface area contributed by atoms with Crippen LogP contribution in [-0.2, 0) is 14.2 Å². The molecule has 5 heteroatoms. The van der Waals surface area contributed by atoms with Gasteiger partial charge in [0.2, 0.25) is 0 Å². The fourth-order valence-electron chi connectivity index (χ4n) is 1.40. The van der Waals surface area contributed by atoms with Crippen LogP contribution in [0.3, 0.4) is 0 Å². The largest absolute Gasteiger partial charge is 0.382 e. The van der Waals surface area contributed by atoms with Crippen molar-refractivity contribution < 1.29 is 14.2 Å². The molecular weight excluding hydrogens is 366 g/mol. The number of alkyl halides is 1. The molecule has 0 aromatic heterocycles. The van der Waals surface area contributed by atoms with Crippen molar-refractivity contribution >= 4 is 34.2 Å². The molecule has 0 bridgehead atoms. The van der Waals surface area contributed by atoms with Crippen LogP contribution in [0.1, 0.15) is 11.7 Å². The fraction of sp³-hybridized carbons (Fsp3) is 0.538. The second-order valence-corrected chi connectivity index (χ2v) is 4.99. The lowest BCUT2D eigenvalue weighted by Crippen LogP contribution is -2.12. The molecule has 0 fully saturated rings. The zero-order valence-electron chi connectivity index (χ0n) is 10.4. The Bertz CT molecular complexity index is 319. The molecule has 1 atom stereocenters. The summed E-state index contributed by atoms with van der Waals surface area (Å²) in [5.41, 5.74) is 1.14. The monoisotopic (exact) mass is 384 g/mol. The van der Waals surface area contributed by atoms with Crippen LogP contribution in [0.2, 0.25) is 5.02 Å². The summed E-state index contributed by atoms with van der Waals surface area (Å²) >= 11 is 8.18. The maximum absolute atomic E-state index is 5.86. The molecule has 0 saturated carbocycles. The summed E-state index contributed by atoms with van der Waals surface area (Å²) in [5, 5.41) is 0.744. The van der Waals surface area contributed by atoms with Crippen molar-refractivity contribution in [1.29, 1.82) is 0 Å². The summed E-state index contributed by atoms with van der Waals surface area (Å²) in [5.74, 6) is 0. The summed E-state index contributed by atoms with van der Waals surface area (Å²) in [4.78, 5) is 0. The van der Waals surface area contributed by atoms with E-state index in [9.17, 15) is 0 Å². The summed E-state index contributed by atoms with van der Waals surface area (Å²) < 4.78 is 16.9. The van der Waals surface area contributed by atoms with Crippen LogP contribution in [0.15, 0.2) is 24.3 Å². The van der Waals surface area contributed by atoms with Crippen molar-refractivity contribution in [1.82, 2.24) is 0 Å². The van der Waals surface area contributed by atoms with E-state index in [-0.39, 0.29) is 6.10 Å². The molecule has 3 nitrogen and oxygen atoms in total. The Balaban J connectivity index is 2.27. The van der Waals surface area contributed by atoms with Gasteiger partial charge < -0.3 is 14.2 Å². The van der Waals surface area contributed by atoms with Gasteiger partial charge in [0.05, 0.1) is 32.5 Å². The van der Waals surface area contributed by atoms with Crippen molar-refractivity contribution in [3.05, 3.63) is 34.9 Å². The lowest BCUT2D eigenvalue weighted by atomic mass is 10.1. The Morgan fingerprint density at radius 3 is 2.39 bits per heavy atom. The predicted molar refractivity (Wildman–Crippen MR) is 81.7 cm³/mol. The smallest absolute Gasteiger partial charge is 0.0915 e. The first-order chi connectivity index (χ1) is 8.77. The third-order valence-electron chi connectivity index (χ3n) is 2.36. The van der Waals surface area contributed by atoms with Crippen molar-refractivity contribution in [3.63, 3.8) is 0 Å². The van der Waals surface area contributed by atoms with E-state index in [1.165, 1.54) is 0 Å². The molecular formula is C13H18ClIO3. The zero-order chi connectivity index (χ0) is 13.2. The minimum Gasteiger partial charge on any atom is -0.382 e. The summed E-state index contributed by atoms with van der Waals surface area (Å²) in [7, 11) is 1.66. The number of rotatable bonds is 9. The van der Waals surface area contributed by atoms with E-state index < -0.39 is 0 Å². The number of hydrogen-bond donors (Lipinski definition) is 0. The van der Waals surface area contributed by atoms with E-state index in [1.54, 1.807) is 7.11 Å². The normalized spacial score (nSPS) is 12.6. The van der Waals surface area contributed by atoms with Gasteiger partial charge >= 0.3 is 0 Å². The number of ether oxygens (including phenoxy) is 3. The Morgan fingerprint density at radius 1 is 1.11 bits per heavy atom. The van der Waals surface area contributed by atoms with Crippen LogP contribution in [0, 0.1) is 0 Å². The third kappa shape index (κ3) is 6.33. The SMILES string of the molecule is COCCOCCOC(CI)c1ccc(Cl)cc1. The van der Waals surface area contributed by atoms with E-state index in [4.69, 9.17) is 25.8 Å². The molecule has 0 N–H and O–H groups in total. The predicted octanol–water partition coefficient (Wildman–Crippen LogP) is 3.50. The molecule has 102 valence electrons. The molecule has 0 aliphatic carbocycles. The summed E-state index contributed by atoms with van der Waals surface area (Å²) in [6.07, 6.45) is 0.0916.